The van der Waals surface area contributed by atoms with Crippen LogP contribution in [0.4, 0.5) is 0 Å². The number of aliphatic carboxylic acids is 1. The van der Waals surface area contributed by atoms with Crippen LogP contribution in [0, 0.1) is 6.92 Å². The molecule has 2 rings (SSSR count). The fourth-order valence-corrected chi connectivity index (χ4v) is 5.73. The summed E-state index contributed by atoms with van der Waals surface area (Å²) >= 11 is 7.62. The number of carbonyl (C=O) groups is 1. The minimum atomic E-state index is -3.78. The Bertz CT molecular complexity index is 648. The SMILES string of the molecule is Cc1ccc(S(=O)(=O)N2CCSCC2CC(=O)O)c(Cl)c1. The molecule has 1 aromatic carbocycles. The van der Waals surface area contributed by atoms with Gasteiger partial charge in [-0.15, -0.1) is 0 Å². The van der Waals surface area contributed by atoms with E-state index >= 15 is 0 Å². The predicted octanol–water partition coefficient (Wildman–Crippen LogP) is 2.23. The molecule has 0 radical (unpaired) electrons. The van der Waals surface area contributed by atoms with Gasteiger partial charge in [0.05, 0.1) is 11.4 Å². The summed E-state index contributed by atoms with van der Waals surface area (Å²) in [5, 5.41) is 9.12. The van der Waals surface area contributed by atoms with Gasteiger partial charge in [-0.3, -0.25) is 4.79 Å². The molecule has 5 nitrogen and oxygen atoms in total. The minimum absolute atomic E-state index is 0.0389. The van der Waals surface area contributed by atoms with E-state index < -0.39 is 22.0 Å². The van der Waals surface area contributed by atoms with Gasteiger partial charge in [0.15, 0.2) is 0 Å². The van der Waals surface area contributed by atoms with Crippen LogP contribution in [0.2, 0.25) is 5.02 Å². The number of rotatable bonds is 4. The highest BCUT2D eigenvalue weighted by Gasteiger charge is 2.35. The molecule has 1 unspecified atom stereocenters. The smallest absolute Gasteiger partial charge is 0.305 e. The van der Waals surface area contributed by atoms with E-state index in [1.807, 2.05) is 6.92 Å². The Hall–Kier alpha value is -0.760. The van der Waals surface area contributed by atoms with Crippen LogP contribution < -0.4 is 0 Å². The van der Waals surface area contributed by atoms with E-state index in [0.29, 0.717) is 18.1 Å². The second-order valence-corrected chi connectivity index (χ2v) is 8.29. The van der Waals surface area contributed by atoms with E-state index in [1.165, 1.54) is 10.4 Å². The first kappa shape index (κ1) is 16.6. The van der Waals surface area contributed by atoms with Crippen molar-refractivity contribution >= 4 is 39.4 Å². The number of carboxylic acid groups (broad SMARTS) is 1. The summed E-state index contributed by atoms with van der Waals surface area (Å²) in [6.07, 6.45) is -0.199. The number of thioether (sulfide) groups is 1. The Morgan fingerprint density at radius 2 is 2.24 bits per heavy atom. The molecule has 116 valence electrons. The number of aryl methyl sites for hydroxylation is 1. The van der Waals surface area contributed by atoms with Crippen LogP contribution in [0.1, 0.15) is 12.0 Å². The Labute approximate surface area is 133 Å². The van der Waals surface area contributed by atoms with Crippen LogP contribution >= 0.6 is 23.4 Å². The highest BCUT2D eigenvalue weighted by Crippen LogP contribution is 2.30. The zero-order chi connectivity index (χ0) is 15.6. The van der Waals surface area contributed by atoms with Crippen molar-refractivity contribution < 1.29 is 18.3 Å². The maximum absolute atomic E-state index is 12.8. The van der Waals surface area contributed by atoms with Crippen molar-refractivity contribution in [3.8, 4) is 0 Å². The first-order chi connectivity index (χ1) is 9.82. The molecule has 0 spiro atoms. The van der Waals surface area contributed by atoms with Crippen molar-refractivity contribution in [1.82, 2.24) is 4.31 Å². The first-order valence-corrected chi connectivity index (χ1v) is 9.37. The van der Waals surface area contributed by atoms with Crippen molar-refractivity contribution in [3.63, 3.8) is 0 Å². The summed E-state index contributed by atoms with van der Waals surface area (Å²) in [6.45, 7) is 2.13. The van der Waals surface area contributed by atoms with Crippen molar-refractivity contribution in [2.24, 2.45) is 0 Å². The summed E-state index contributed by atoms with van der Waals surface area (Å²) in [7, 11) is -3.78. The molecular weight excluding hydrogens is 334 g/mol. The van der Waals surface area contributed by atoms with Crippen molar-refractivity contribution in [3.05, 3.63) is 28.8 Å². The van der Waals surface area contributed by atoms with Gasteiger partial charge in [0.2, 0.25) is 10.0 Å². The van der Waals surface area contributed by atoms with Crippen LogP contribution in [0.25, 0.3) is 0 Å². The quantitative estimate of drug-likeness (QED) is 0.902. The van der Waals surface area contributed by atoms with Crippen LogP contribution in [-0.2, 0) is 14.8 Å². The third kappa shape index (κ3) is 3.71. The zero-order valence-electron chi connectivity index (χ0n) is 11.5. The highest BCUT2D eigenvalue weighted by atomic mass is 35.5. The molecule has 1 aliphatic rings. The second kappa shape index (κ2) is 6.56. The van der Waals surface area contributed by atoms with E-state index in [2.05, 4.69) is 0 Å². The molecule has 8 heteroatoms. The van der Waals surface area contributed by atoms with Gasteiger partial charge in [-0.1, -0.05) is 17.7 Å². The van der Waals surface area contributed by atoms with Gasteiger partial charge < -0.3 is 5.11 Å². The standard InChI is InChI=1S/C13H16ClNO4S2/c1-9-2-3-12(11(14)6-9)21(18,19)15-4-5-20-8-10(15)7-13(16)17/h2-3,6,10H,4-5,7-8H2,1H3,(H,16,17). The van der Waals surface area contributed by atoms with E-state index in [1.54, 1.807) is 23.9 Å². The molecule has 1 saturated heterocycles. The molecule has 0 saturated carbocycles. The average molecular weight is 350 g/mol. The number of sulfonamides is 1. The van der Waals surface area contributed by atoms with Gasteiger partial charge >= 0.3 is 5.97 Å². The van der Waals surface area contributed by atoms with Gasteiger partial charge in [0, 0.05) is 24.1 Å². The molecule has 1 aromatic rings. The summed E-state index contributed by atoms with van der Waals surface area (Å²) in [4.78, 5) is 11.0. The normalized spacial score (nSPS) is 20.4. The molecule has 0 amide bonds. The monoisotopic (exact) mass is 349 g/mol. The third-order valence-electron chi connectivity index (χ3n) is 3.26. The lowest BCUT2D eigenvalue weighted by Crippen LogP contribution is -2.47. The maximum Gasteiger partial charge on any atom is 0.305 e. The predicted molar refractivity (Wildman–Crippen MR) is 83.4 cm³/mol. The van der Waals surface area contributed by atoms with Gasteiger partial charge in [-0.25, -0.2) is 8.42 Å². The lowest BCUT2D eigenvalue weighted by molar-refractivity contribution is -0.137. The molecule has 1 atom stereocenters. The molecular formula is C13H16ClNO4S2. The summed E-state index contributed by atoms with van der Waals surface area (Å²) < 4.78 is 26.8. The van der Waals surface area contributed by atoms with E-state index in [-0.39, 0.29) is 16.3 Å². The summed E-state index contributed by atoms with van der Waals surface area (Å²) in [5.74, 6) is 0.131. The Kier molecular flexibility index (Phi) is 5.19. The van der Waals surface area contributed by atoms with Gasteiger partial charge in [-0.2, -0.15) is 16.1 Å². The summed E-state index contributed by atoms with van der Waals surface area (Å²) in [6, 6.07) is 4.22. The minimum Gasteiger partial charge on any atom is -0.481 e. The van der Waals surface area contributed by atoms with E-state index in [9.17, 15) is 13.2 Å². The number of hydrogen-bond acceptors (Lipinski definition) is 4. The molecule has 1 heterocycles. The van der Waals surface area contributed by atoms with Crippen molar-refractivity contribution in [2.75, 3.05) is 18.1 Å². The van der Waals surface area contributed by atoms with Gasteiger partial charge in [0.1, 0.15) is 4.90 Å². The van der Waals surface area contributed by atoms with Crippen LogP contribution in [0.5, 0.6) is 0 Å². The number of nitrogens with zero attached hydrogens (tertiary/aromatic N) is 1. The number of carboxylic acids is 1. The molecule has 1 N–H and O–H groups in total. The number of hydrogen-bond donors (Lipinski definition) is 1. The topological polar surface area (TPSA) is 74.7 Å². The van der Waals surface area contributed by atoms with Crippen molar-refractivity contribution in [2.45, 2.75) is 24.3 Å². The largest absolute Gasteiger partial charge is 0.481 e. The van der Waals surface area contributed by atoms with Crippen LogP contribution in [-0.4, -0.2) is 47.9 Å². The van der Waals surface area contributed by atoms with Gasteiger partial charge in [0.25, 0.3) is 0 Å². The number of benzene rings is 1. The van der Waals surface area contributed by atoms with E-state index in [0.717, 1.165) is 5.56 Å². The first-order valence-electron chi connectivity index (χ1n) is 6.40. The second-order valence-electron chi connectivity index (χ2n) is 4.88. The fourth-order valence-electron chi connectivity index (χ4n) is 2.26. The average Bonchev–Trinajstić information content (AvgIpc) is 2.37. The molecule has 0 aliphatic carbocycles. The van der Waals surface area contributed by atoms with Gasteiger partial charge in [-0.05, 0) is 24.6 Å². The highest BCUT2D eigenvalue weighted by molar-refractivity contribution is 7.99. The maximum atomic E-state index is 12.8. The molecule has 1 aliphatic heterocycles. The Morgan fingerprint density at radius 1 is 1.52 bits per heavy atom. The van der Waals surface area contributed by atoms with Crippen LogP contribution in [0.15, 0.2) is 23.1 Å². The molecule has 0 aromatic heterocycles. The van der Waals surface area contributed by atoms with Crippen molar-refractivity contribution in [1.29, 1.82) is 0 Å². The molecule has 0 bridgehead atoms. The molecule has 21 heavy (non-hydrogen) atoms. The van der Waals surface area contributed by atoms with Crippen LogP contribution in [0.3, 0.4) is 0 Å². The Morgan fingerprint density at radius 3 is 2.86 bits per heavy atom. The van der Waals surface area contributed by atoms with E-state index in [4.69, 9.17) is 16.7 Å². The zero-order valence-corrected chi connectivity index (χ0v) is 13.8. The molecule has 1 fully saturated rings. The lowest BCUT2D eigenvalue weighted by atomic mass is 10.2. The fraction of sp³-hybridized carbons (Fsp3) is 0.462. The lowest BCUT2D eigenvalue weighted by Gasteiger charge is -2.33. The number of halogens is 1. The third-order valence-corrected chi connectivity index (χ3v) is 6.78. The Balaban J connectivity index is 2.38. The summed E-state index contributed by atoms with van der Waals surface area (Å²) in [5.41, 5.74) is 0.871.